The van der Waals surface area contributed by atoms with Gasteiger partial charge in [0.25, 0.3) is 17.4 Å². The average molecular weight is 926 g/mol. The van der Waals surface area contributed by atoms with Crippen LogP contribution in [0.5, 0.6) is 5.75 Å². The standard InChI is InChI=1S/C48H57ClFN9O7/c1-26(2)59-37-9-6-28(18-27(37)19-39(46(59)64)65-24-41(61)51-5)53-43-36(49)22-52-47(55-43)56-15-12-30(13-16-56)66-31-20-29(21-31)57-17-14-35(48(3,4)25-57)33-8-7-32-34(42(33)50)23-58(45(32)63)38-10-11-40(60)54-44(38)62/h6-9,18-19,22,26,29-31,35,38H,10-17,20-21,23-25H2,1-5H3,(H,51,61)(H,52,53,55)(H,54,60,62)/t29-,31-,35-,38+/m0/s1. The molecular formula is C48H57ClFN9O7. The summed E-state index contributed by atoms with van der Waals surface area (Å²) in [5, 5.41) is 9.25. The van der Waals surface area contributed by atoms with Crippen molar-refractivity contribution in [2.24, 2.45) is 5.41 Å². The number of likely N-dealkylation sites (N-methyl/N-ethyl adjacent to an activating group) is 1. The van der Waals surface area contributed by atoms with Crippen LogP contribution in [0.3, 0.4) is 0 Å². The van der Waals surface area contributed by atoms with Crippen molar-refractivity contribution >= 4 is 63.6 Å². The minimum atomic E-state index is -0.782. The number of amides is 4. The molecule has 2 aromatic carbocycles. The minimum Gasteiger partial charge on any atom is -0.478 e. The van der Waals surface area contributed by atoms with Crippen LogP contribution in [0.1, 0.15) is 106 Å². The second-order valence-corrected chi connectivity index (χ2v) is 19.7. The number of carbonyl (C=O) groups is 4. The molecule has 1 aliphatic carbocycles. The largest absolute Gasteiger partial charge is 0.478 e. The summed E-state index contributed by atoms with van der Waals surface area (Å²) in [6.45, 7) is 11.1. The molecule has 350 valence electrons. The van der Waals surface area contributed by atoms with E-state index in [1.165, 1.54) is 11.9 Å². The maximum absolute atomic E-state index is 16.3. The molecule has 66 heavy (non-hydrogen) atoms. The van der Waals surface area contributed by atoms with Crippen LogP contribution >= 0.6 is 11.6 Å². The molecule has 4 fully saturated rings. The monoisotopic (exact) mass is 925 g/mol. The number of ether oxygens (including phenoxy) is 2. The molecule has 4 amide bonds. The minimum absolute atomic E-state index is 0.0245. The Hall–Kier alpha value is -5.65. The highest BCUT2D eigenvalue weighted by molar-refractivity contribution is 6.33. The van der Waals surface area contributed by atoms with Crippen molar-refractivity contribution in [1.82, 2.24) is 35.0 Å². The quantitative estimate of drug-likeness (QED) is 0.145. The zero-order valence-electron chi connectivity index (χ0n) is 38.0. The van der Waals surface area contributed by atoms with Gasteiger partial charge in [-0.05, 0) is 106 Å². The van der Waals surface area contributed by atoms with E-state index in [0.717, 1.165) is 69.2 Å². The molecule has 18 heteroatoms. The van der Waals surface area contributed by atoms with E-state index >= 15 is 4.39 Å². The molecule has 0 radical (unpaired) electrons. The van der Waals surface area contributed by atoms with E-state index in [1.54, 1.807) is 29.0 Å². The number of pyridine rings is 1. The van der Waals surface area contributed by atoms with E-state index in [1.807, 2.05) is 32.0 Å². The number of anilines is 3. The van der Waals surface area contributed by atoms with Crippen molar-refractivity contribution in [1.29, 1.82) is 0 Å². The van der Waals surface area contributed by atoms with Crippen molar-refractivity contribution in [2.45, 2.75) is 115 Å². The number of fused-ring (bicyclic) bond motifs is 2. The van der Waals surface area contributed by atoms with Crippen LogP contribution in [0.25, 0.3) is 10.9 Å². The van der Waals surface area contributed by atoms with Gasteiger partial charge in [0.2, 0.25) is 17.8 Å². The van der Waals surface area contributed by atoms with E-state index in [2.05, 4.69) is 44.6 Å². The normalized spacial score (nSPS) is 23.5. The summed E-state index contributed by atoms with van der Waals surface area (Å²) >= 11 is 6.61. The Morgan fingerprint density at radius 1 is 1.02 bits per heavy atom. The van der Waals surface area contributed by atoms with Crippen molar-refractivity contribution < 1.29 is 33.0 Å². The first-order valence-corrected chi connectivity index (χ1v) is 23.4. The molecule has 0 spiro atoms. The smallest absolute Gasteiger partial charge is 0.293 e. The van der Waals surface area contributed by atoms with Crippen LogP contribution in [0.15, 0.2) is 47.4 Å². The first kappa shape index (κ1) is 45.5. The number of piperidine rings is 3. The topological polar surface area (TPSA) is 180 Å². The van der Waals surface area contributed by atoms with Gasteiger partial charge in [-0.1, -0.05) is 31.5 Å². The van der Waals surface area contributed by atoms with Gasteiger partial charge in [-0.25, -0.2) is 9.37 Å². The Labute approximate surface area is 387 Å². The average Bonchev–Trinajstić information content (AvgIpc) is 3.60. The zero-order valence-corrected chi connectivity index (χ0v) is 38.8. The lowest BCUT2D eigenvalue weighted by Crippen LogP contribution is -2.55. The van der Waals surface area contributed by atoms with Crippen LogP contribution < -0.4 is 31.1 Å². The zero-order chi connectivity index (χ0) is 46.6. The molecule has 3 N–H and O–H groups in total. The lowest BCUT2D eigenvalue weighted by Gasteiger charge is -2.51. The molecule has 0 bridgehead atoms. The third-order valence-corrected chi connectivity index (χ3v) is 14.4. The maximum atomic E-state index is 16.3. The number of nitrogens with zero attached hydrogens (tertiary/aromatic N) is 6. The Morgan fingerprint density at radius 2 is 1.79 bits per heavy atom. The number of halogens is 2. The molecule has 6 heterocycles. The lowest BCUT2D eigenvalue weighted by atomic mass is 9.69. The van der Waals surface area contributed by atoms with Crippen LogP contribution in [0.2, 0.25) is 5.02 Å². The van der Waals surface area contributed by atoms with Crippen molar-refractivity contribution in [2.75, 3.05) is 50.1 Å². The predicted octanol–water partition coefficient (Wildman–Crippen LogP) is 5.83. The maximum Gasteiger partial charge on any atom is 0.293 e. The third-order valence-electron chi connectivity index (χ3n) is 14.2. The van der Waals surface area contributed by atoms with Gasteiger partial charge >= 0.3 is 0 Å². The fraction of sp³-hybridized carbons (Fsp3) is 0.521. The number of rotatable bonds is 12. The van der Waals surface area contributed by atoms with Crippen LogP contribution in [0, 0.1) is 11.2 Å². The summed E-state index contributed by atoms with van der Waals surface area (Å²) in [6.07, 6.45) is 6.68. The van der Waals surface area contributed by atoms with Crippen LogP contribution in [0.4, 0.5) is 21.8 Å². The molecule has 3 saturated heterocycles. The van der Waals surface area contributed by atoms with Gasteiger partial charge in [0, 0.05) is 67.4 Å². The van der Waals surface area contributed by atoms with E-state index < -0.39 is 11.9 Å². The van der Waals surface area contributed by atoms with Crippen molar-refractivity contribution in [3.05, 3.63) is 80.5 Å². The number of benzene rings is 2. The van der Waals surface area contributed by atoms with E-state index in [9.17, 15) is 24.0 Å². The molecular weight excluding hydrogens is 869 g/mol. The number of hydrogen-bond donors (Lipinski definition) is 3. The summed E-state index contributed by atoms with van der Waals surface area (Å²) < 4.78 is 30.2. The van der Waals surface area contributed by atoms with E-state index in [0.29, 0.717) is 45.2 Å². The van der Waals surface area contributed by atoms with Gasteiger partial charge in [0.1, 0.15) is 16.9 Å². The fourth-order valence-corrected chi connectivity index (χ4v) is 10.7. The Morgan fingerprint density at radius 3 is 2.50 bits per heavy atom. The first-order chi connectivity index (χ1) is 31.6. The molecule has 2 atom stereocenters. The molecule has 9 rings (SSSR count). The first-order valence-electron chi connectivity index (χ1n) is 23.0. The van der Waals surface area contributed by atoms with Gasteiger partial charge in [0.05, 0.1) is 30.5 Å². The lowest BCUT2D eigenvalue weighted by molar-refractivity contribution is -0.137. The number of nitrogens with one attached hydrogen (secondary N) is 3. The molecule has 0 unspecified atom stereocenters. The second-order valence-electron chi connectivity index (χ2n) is 19.3. The van der Waals surface area contributed by atoms with Crippen LogP contribution in [-0.4, -0.2) is 112 Å². The number of aromatic nitrogens is 3. The summed E-state index contributed by atoms with van der Waals surface area (Å²) in [7, 11) is 1.51. The highest BCUT2D eigenvalue weighted by atomic mass is 35.5. The summed E-state index contributed by atoms with van der Waals surface area (Å²) in [6, 6.07) is 10.2. The highest BCUT2D eigenvalue weighted by Gasteiger charge is 2.46. The fourth-order valence-electron chi connectivity index (χ4n) is 10.6. The third kappa shape index (κ3) is 8.84. The number of likely N-dealkylation sites (tertiary alicyclic amines) is 1. The summed E-state index contributed by atoms with van der Waals surface area (Å²) in [5.41, 5.74) is 2.16. The molecule has 16 nitrogen and oxygen atoms in total. The summed E-state index contributed by atoms with van der Waals surface area (Å²) in [5.74, 6) is -0.846. The SMILES string of the molecule is CNC(=O)COc1cc2cc(Nc3nc(N4CCC(O[C@H]5C[C@H](N6CC[C@@H](c7ccc8c(c7F)CN([C@@H]7CCC(=O)NC7=O)C8=O)C(C)(C)C6)C5)CC4)ncc3Cl)ccc2n(C(C)C)c1=O. The molecule has 2 aromatic heterocycles. The van der Waals surface area contributed by atoms with Gasteiger partial charge in [-0.2, -0.15) is 4.98 Å². The predicted molar refractivity (Wildman–Crippen MR) is 247 cm³/mol. The van der Waals surface area contributed by atoms with Gasteiger partial charge < -0.3 is 34.5 Å². The van der Waals surface area contributed by atoms with E-state index in [4.69, 9.17) is 26.1 Å². The Bertz CT molecular complexity index is 2640. The Kier molecular flexibility index (Phi) is 12.6. The second kappa shape index (κ2) is 18.2. The number of carbonyl (C=O) groups excluding carboxylic acids is 4. The number of imide groups is 1. The van der Waals surface area contributed by atoms with Crippen molar-refractivity contribution in [3.63, 3.8) is 0 Å². The van der Waals surface area contributed by atoms with E-state index in [-0.39, 0.29) is 90.4 Å². The molecule has 5 aliphatic rings. The van der Waals surface area contributed by atoms with Crippen molar-refractivity contribution in [3.8, 4) is 5.75 Å². The number of hydrogen-bond acceptors (Lipinski definition) is 12. The Balaban J connectivity index is 0.767. The molecule has 1 saturated carbocycles. The van der Waals surface area contributed by atoms with Gasteiger partial charge in [-0.15, -0.1) is 0 Å². The molecule has 4 aromatic rings. The van der Waals surface area contributed by atoms with Gasteiger partial charge in [0.15, 0.2) is 18.2 Å². The highest BCUT2D eigenvalue weighted by Crippen LogP contribution is 2.47. The van der Waals surface area contributed by atoms with Crippen LogP contribution in [-0.2, 0) is 25.7 Å². The summed E-state index contributed by atoms with van der Waals surface area (Å²) in [4.78, 5) is 78.1. The van der Waals surface area contributed by atoms with Gasteiger partial charge in [-0.3, -0.25) is 34.2 Å². The molecule has 4 aliphatic heterocycles.